The van der Waals surface area contributed by atoms with E-state index in [9.17, 15) is 0 Å². The lowest BCUT2D eigenvalue weighted by Gasteiger charge is -2.25. The lowest BCUT2D eigenvalue weighted by Crippen LogP contribution is -2.15. The molecule has 1 aromatic carbocycles. The van der Waals surface area contributed by atoms with Gasteiger partial charge in [-0.05, 0) is 60.4 Å². The van der Waals surface area contributed by atoms with Crippen molar-refractivity contribution in [3.8, 4) is 6.07 Å². The minimum absolute atomic E-state index is 0.00282. The Kier molecular flexibility index (Phi) is 3.85. The van der Waals surface area contributed by atoms with Crippen LogP contribution in [0.25, 0.3) is 0 Å². The maximum absolute atomic E-state index is 9.04. The van der Waals surface area contributed by atoms with Gasteiger partial charge in [-0.3, -0.25) is 0 Å². The number of rotatable bonds is 2. The molecular formula is C11H12INS. The summed E-state index contributed by atoms with van der Waals surface area (Å²) in [7, 11) is 0. The van der Waals surface area contributed by atoms with Crippen LogP contribution in [-0.4, -0.2) is 6.26 Å². The molecule has 0 unspecified atom stereocenters. The van der Waals surface area contributed by atoms with Crippen LogP contribution in [0.4, 0.5) is 0 Å². The van der Waals surface area contributed by atoms with Gasteiger partial charge >= 0.3 is 0 Å². The highest BCUT2D eigenvalue weighted by molar-refractivity contribution is 14.1. The molecule has 0 aliphatic heterocycles. The van der Waals surface area contributed by atoms with Crippen LogP contribution in [-0.2, 0) is 4.75 Å². The normalized spacial score (nSPS) is 11.1. The second-order valence-corrected chi connectivity index (χ2v) is 6.08. The predicted molar refractivity (Wildman–Crippen MR) is 70.4 cm³/mol. The molecule has 0 fully saturated rings. The average Bonchev–Trinajstić information content (AvgIpc) is 2.17. The summed E-state index contributed by atoms with van der Waals surface area (Å²) in [5, 5.41) is 9.04. The molecule has 0 spiro atoms. The number of halogens is 1. The fourth-order valence-corrected chi connectivity index (χ4v) is 3.11. The highest BCUT2D eigenvalue weighted by Crippen LogP contribution is 2.38. The third-order valence-electron chi connectivity index (χ3n) is 2.25. The Morgan fingerprint density at radius 1 is 1.43 bits per heavy atom. The van der Waals surface area contributed by atoms with Crippen LogP contribution < -0.4 is 0 Å². The highest BCUT2D eigenvalue weighted by Gasteiger charge is 2.24. The smallest absolute Gasteiger partial charge is 0.0995 e. The molecular weight excluding hydrogens is 305 g/mol. The first-order valence-corrected chi connectivity index (χ1v) is 6.57. The molecule has 0 heterocycles. The highest BCUT2D eigenvalue weighted by atomic mass is 127. The van der Waals surface area contributed by atoms with Gasteiger partial charge in [-0.15, -0.1) is 0 Å². The molecule has 0 bridgehead atoms. The summed E-state index contributed by atoms with van der Waals surface area (Å²) in [6.07, 6.45) is 2.07. The van der Waals surface area contributed by atoms with E-state index < -0.39 is 0 Å². The molecule has 1 rings (SSSR count). The first-order chi connectivity index (χ1) is 6.53. The number of benzene rings is 1. The molecule has 1 nitrogen and oxygen atoms in total. The molecule has 0 aliphatic carbocycles. The van der Waals surface area contributed by atoms with Crippen molar-refractivity contribution in [1.82, 2.24) is 0 Å². The lowest BCUT2D eigenvalue weighted by molar-refractivity contribution is 0.776. The molecule has 0 saturated heterocycles. The van der Waals surface area contributed by atoms with E-state index in [-0.39, 0.29) is 4.75 Å². The van der Waals surface area contributed by atoms with Crippen molar-refractivity contribution in [2.45, 2.75) is 18.6 Å². The van der Waals surface area contributed by atoms with Crippen molar-refractivity contribution in [3.63, 3.8) is 0 Å². The SMILES string of the molecule is CSC(C)(C)c1c(I)cccc1C#N. The van der Waals surface area contributed by atoms with E-state index in [1.165, 1.54) is 3.57 Å². The summed E-state index contributed by atoms with van der Waals surface area (Å²) in [6.45, 7) is 4.30. The molecule has 0 aromatic heterocycles. The van der Waals surface area contributed by atoms with Gasteiger partial charge in [-0.2, -0.15) is 17.0 Å². The lowest BCUT2D eigenvalue weighted by atomic mass is 9.97. The molecule has 1 aromatic rings. The monoisotopic (exact) mass is 317 g/mol. The van der Waals surface area contributed by atoms with E-state index in [0.717, 1.165) is 11.1 Å². The van der Waals surface area contributed by atoms with E-state index in [1.54, 1.807) is 11.8 Å². The van der Waals surface area contributed by atoms with E-state index in [1.807, 2.05) is 12.1 Å². The number of nitriles is 1. The minimum Gasteiger partial charge on any atom is -0.192 e. The summed E-state index contributed by atoms with van der Waals surface area (Å²) in [5.41, 5.74) is 1.94. The molecule has 0 amide bonds. The Morgan fingerprint density at radius 2 is 2.07 bits per heavy atom. The van der Waals surface area contributed by atoms with Gasteiger partial charge in [0.05, 0.1) is 11.6 Å². The fourth-order valence-electron chi connectivity index (χ4n) is 1.33. The van der Waals surface area contributed by atoms with Crippen molar-refractivity contribution in [2.75, 3.05) is 6.26 Å². The maximum Gasteiger partial charge on any atom is 0.0995 e. The molecule has 3 heteroatoms. The van der Waals surface area contributed by atoms with E-state index >= 15 is 0 Å². The van der Waals surface area contributed by atoms with Gasteiger partial charge in [0, 0.05) is 8.32 Å². The molecule has 0 aliphatic rings. The van der Waals surface area contributed by atoms with E-state index in [0.29, 0.717) is 0 Å². The second-order valence-electron chi connectivity index (χ2n) is 3.49. The third-order valence-corrected chi connectivity index (χ3v) is 4.37. The van der Waals surface area contributed by atoms with Crippen molar-refractivity contribution in [3.05, 3.63) is 32.9 Å². The van der Waals surface area contributed by atoms with Crippen LogP contribution in [0, 0.1) is 14.9 Å². The van der Waals surface area contributed by atoms with Crippen LogP contribution in [0.2, 0.25) is 0 Å². The van der Waals surface area contributed by atoms with Crippen molar-refractivity contribution >= 4 is 34.4 Å². The summed E-state index contributed by atoms with van der Waals surface area (Å²) >= 11 is 4.06. The van der Waals surface area contributed by atoms with E-state index in [2.05, 4.69) is 54.8 Å². The summed E-state index contributed by atoms with van der Waals surface area (Å²) < 4.78 is 1.17. The van der Waals surface area contributed by atoms with Gasteiger partial charge in [-0.1, -0.05) is 6.07 Å². The number of hydrogen-bond acceptors (Lipinski definition) is 2. The molecule has 0 N–H and O–H groups in total. The van der Waals surface area contributed by atoms with Gasteiger partial charge in [0.15, 0.2) is 0 Å². The van der Waals surface area contributed by atoms with E-state index in [4.69, 9.17) is 5.26 Å². The van der Waals surface area contributed by atoms with Gasteiger partial charge < -0.3 is 0 Å². The predicted octanol–water partition coefficient (Wildman–Crippen LogP) is 3.76. The van der Waals surface area contributed by atoms with Crippen LogP contribution in [0.15, 0.2) is 18.2 Å². The Bertz CT molecular complexity index is 379. The molecule has 0 atom stereocenters. The first kappa shape index (κ1) is 11.9. The Morgan fingerprint density at radius 3 is 2.57 bits per heavy atom. The Hall–Kier alpha value is -0.210. The van der Waals surface area contributed by atoms with Crippen molar-refractivity contribution in [2.24, 2.45) is 0 Å². The van der Waals surface area contributed by atoms with Gasteiger partial charge in [0.25, 0.3) is 0 Å². The Labute approximate surface area is 103 Å². The number of hydrogen-bond donors (Lipinski definition) is 0. The van der Waals surface area contributed by atoms with Gasteiger partial charge in [0.1, 0.15) is 0 Å². The molecule has 0 radical (unpaired) electrons. The zero-order valence-electron chi connectivity index (χ0n) is 8.47. The topological polar surface area (TPSA) is 23.8 Å². The average molecular weight is 317 g/mol. The summed E-state index contributed by atoms with van der Waals surface area (Å²) in [5.74, 6) is 0. The molecule has 0 saturated carbocycles. The first-order valence-electron chi connectivity index (χ1n) is 4.27. The number of nitrogens with zero attached hydrogens (tertiary/aromatic N) is 1. The van der Waals surface area contributed by atoms with Crippen LogP contribution >= 0.6 is 34.4 Å². The molecule has 74 valence electrons. The third kappa shape index (κ3) is 2.23. The van der Waals surface area contributed by atoms with Crippen molar-refractivity contribution < 1.29 is 0 Å². The molecule has 14 heavy (non-hydrogen) atoms. The van der Waals surface area contributed by atoms with Gasteiger partial charge in [0.2, 0.25) is 0 Å². The fraction of sp³-hybridized carbons (Fsp3) is 0.364. The summed E-state index contributed by atoms with van der Waals surface area (Å²) in [4.78, 5) is 0. The van der Waals surface area contributed by atoms with Crippen molar-refractivity contribution in [1.29, 1.82) is 5.26 Å². The Balaban J connectivity index is 3.40. The van der Waals surface area contributed by atoms with Crippen LogP contribution in [0.3, 0.4) is 0 Å². The standard InChI is InChI=1S/C11H12INS/c1-11(2,14-3)10-8(7-13)5-4-6-9(10)12/h4-6H,1-3H3. The zero-order chi connectivity index (χ0) is 10.8. The quantitative estimate of drug-likeness (QED) is 0.776. The number of thioether (sulfide) groups is 1. The zero-order valence-corrected chi connectivity index (χ0v) is 11.4. The van der Waals surface area contributed by atoms with Crippen LogP contribution in [0.1, 0.15) is 25.0 Å². The van der Waals surface area contributed by atoms with Gasteiger partial charge in [-0.25, -0.2) is 0 Å². The summed E-state index contributed by atoms with van der Waals surface area (Å²) in [6, 6.07) is 8.12. The largest absolute Gasteiger partial charge is 0.192 e. The second kappa shape index (κ2) is 4.54. The minimum atomic E-state index is 0.00282. The van der Waals surface area contributed by atoms with Crippen LogP contribution in [0.5, 0.6) is 0 Å². The maximum atomic E-state index is 9.04.